The number of nitro benzene ring substituents is 1. The molecule has 0 aliphatic heterocycles. The molecule has 15 heavy (non-hydrogen) atoms. The molecule has 0 aliphatic carbocycles. The first-order valence-electron chi connectivity index (χ1n) is 3.91. The minimum absolute atomic E-state index is 0.0479. The molecule has 1 unspecified atom stereocenters. The van der Waals surface area contributed by atoms with Crippen LogP contribution < -0.4 is 0 Å². The monoisotopic (exact) mass is 208 g/mol. The van der Waals surface area contributed by atoms with E-state index in [-0.39, 0.29) is 11.3 Å². The van der Waals surface area contributed by atoms with Gasteiger partial charge >= 0.3 is 5.97 Å². The van der Waals surface area contributed by atoms with Crippen LogP contribution in [0.15, 0.2) is 24.3 Å². The van der Waals surface area contributed by atoms with E-state index in [9.17, 15) is 19.7 Å². The summed E-state index contributed by atoms with van der Waals surface area (Å²) in [7, 11) is 0. The Kier molecular flexibility index (Phi) is 3.12. The van der Waals surface area contributed by atoms with Gasteiger partial charge in [0.05, 0.1) is 4.92 Å². The molecular formula is C9H6NO5. The van der Waals surface area contributed by atoms with Gasteiger partial charge in [-0.2, -0.15) is 0 Å². The third kappa shape index (κ3) is 2.37. The molecule has 1 atom stereocenters. The number of rotatable bonds is 4. The lowest BCUT2D eigenvalue weighted by molar-refractivity contribution is -0.384. The van der Waals surface area contributed by atoms with Gasteiger partial charge in [0.15, 0.2) is 0 Å². The Hall–Kier alpha value is -2.24. The molecule has 6 heteroatoms. The molecule has 1 radical (unpaired) electrons. The Morgan fingerprint density at radius 1 is 1.53 bits per heavy atom. The Bertz CT molecular complexity index is 415. The van der Waals surface area contributed by atoms with Crippen LogP contribution >= 0.6 is 0 Å². The molecule has 77 valence electrons. The van der Waals surface area contributed by atoms with Gasteiger partial charge in [0.25, 0.3) is 5.69 Å². The van der Waals surface area contributed by atoms with Crippen molar-refractivity contribution in [1.82, 2.24) is 0 Å². The van der Waals surface area contributed by atoms with Gasteiger partial charge in [-0.05, 0) is 5.56 Å². The molecule has 0 amide bonds. The van der Waals surface area contributed by atoms with E-state index in [1.54, 1.807) is 0 Å². The Labute approximate surface area is 84.3 Å². The Morgan fingerprint density at radius 2 is 2.20 bits per heavy atom. The fourth-order valence-corrected chi connectivity index (χ4v) is 1.08. The molecular weight excluding hydrogens is 202 g/mol. The van der Waals surface area contributed by atoms with Crippen molar-refractivity contribution >= 4 is 17.9 Å². The second-order valence-electron chi connectivity index (χ2n) is 2.74. The van der Waals surface area contributed by atoms with E-state index in [1.165, 1.54) is 24.5 Å². The smallest absolute Gasteiger partial charge is 0.319 e. The molecule has 0 fully saturated rings. The zero-order valence-electron chi connectivity index (χ0n) is 7.41. The molecule has 0 saturated heterocycles. The number of hydrogen-bond acceptors (Lipinski definition) is 4. The van der Waals surface area contributed by atoms with Crippen molar-refractivity contribution < 1.29 is 19.6 Å². The Balaban J connectivity index is 3.14. The number of carbonyl (C=O) groups is 1. The second-order valence-corrected chi connectivity index (χ2v) is 2.74. The second kappa shape index (κ2) is 4.32. The molecule has 0 aliphatic rings. The fraction of sp³-hybridized carbons (Fsp3) is 0.111. The number of carboxylic acids is 1. The highest BCUT2D eigenvalue weighted by Gasteiger charge is 2.21. The molecule has 0 bridgehead atoms. The number of nitro groups is 1. The largest absolute Gasteiger partial charge is 0.480 e. The van der Waals surface area contributed by atoms with Crippen LogP contribution in [-0.4, -0.2) is 22.3 Å². The molecule has 1 aromatic carbocycles. The van der Waals surface area contributed by atoms with Crippen molar-refractivity contribution in [1.29, 1.82) is 0 Å². The molecule has 0 aromatic heterocycles. The summed E-state index contributed by atoms with van der Waals surface area (Å²) in [6.07, 6.45) is 1.31. The first-order valence-corrected chi connectivity index (χ1v) is 3.91. The average Bonchev–Trinajstić information content (AvgIpc) is 2.18. The molecule has 1 N–H and O–H groups in total. The summed E-state index contributed by atoms with van der Waals surface area (Å²) >= 11 is 0. The van der Waals surface area contributed by atoms with E-state index in [2.05, 4.69) is 0 Å². The standard InChI is InChI=1S/C9H6NO5/c11-5-8(9(12)13)6-2-1-3-7(4-6)10(14)15/h1-4,8H,(H,12,13). The van der Waals surface area contributed by atoms with Crippen LogP contribution in [0.1, 0.15) is 11.5 Å². The molecule has 0 saturated carbocycles. The molecule has 0 heterocycles. The lowest BCUT2D eigenvalue weighted by Crippen LogP contribution is -2.12. The number of nitrogens with zero attached hydrogens (tertiary/aromatic N) is 1. The summed E-state index contributed by atoms with van der Waals surface area (Å²) in [5, 5.41) is 19.0. The first kappa shape index (κ1) is 10.8. The number of carbonyl (C=O) groups excluding carboxylic acids is 1. The first-order chi connectivity index (χ1) is 7.06. The van der Waals surface area contributed by atoms with Crippen molar-refractivity contribution in [2.24, 2.45) is 0 Å². The predicted octanol–water partition coefficient (Wildman–Crippen LogP) is 0.873. The van der Waals surface area contributed by atoms with E-state index in [0.717, 1.165) is 6.07 Å². The number of non-ortho nitro benzene ring substituents is 1. The van der Waals surface area contributed by atoms with E-state index < -0.39 is 16.8 Å². The topological polar surface area (TPSA) is 97.5 Å². The van der Waals surface area contributed by atoms with Crippen LogP contribution in [0.5, 0.6) is 0 Å². The number of benzene rings is 1. The highest BCUT2D eigenvalue weighted by atomic mass is 16.6. The van der Waals surface area contributed by atoms with Crippen LogP contribution in [0.2, 0.25) is 0 Å². The number of carboxylic acid groups (broad SMARTS) is 1. The normalized spacial score (nSPS) is 11.7. The van der Waals surface area contributed by atoms with Gasteiger partial charge < -0.3 is 5.11 Å². The van der Waals surface area contributed by atoms with Gasteiger partial charge in [-0.3, -0.25) is 19.7 Å². The van der Waals surface area contributed by atoms with E-state index in [0.29, 0.717) is 0 Å². The van der Waals surface area contributed by atoms with E-state index >= 15 is 0 Å². The summed E-state index contributed by atoms with van der Waals surface area (Å²) in [5.74, 6) is -2.87. The minimum Gasteiger partial charge on any atom is -0.480 e. The summed E-state index contributed by atoms with van der Waals surface area (Å²) in [6, 6.07) is 4.91. The van der Waals surface area contributed by atoms with Gasteiger partial charge in [-0.1, -0.05) is 12.1 Å². The lowest BCUT2D eigenvalue weighted by atomic mass is 10.0. The average molecular weight is 208 g/mol. The molecule has 1 rings (SSSR count). The maximum Gasteiger partial charge on any atom is 0.319 e. The zero-order valence-corrected chi connectivity index (χ0v) is 7.41. The SMILES string of the molecule is O=[C]C(C(=O)O)c1cccc([N+](=O)[O-])c1. The van der Waals surface area contributed by atoms with Crippen molar-refractivity contribution in [3.05, 3.63) is 39.9 Å². The maximum atomic E-state index is 10.6. The van der Waals surface area contributed by atoms with Gasteiger partial charge in [0.1, 0.15) is 5.92 Å². The number of hydrogen-bond donors (Lipinski definition) is 1. The predicted molar refractivity (Wildman–Crippen MR) is 49.2 cm³/mol. The highest BCUT2D eigenvalue weighted by molar-refractivity contribution is 5.93. The summed E-state index contributed by atoms with van der Waals surface area (Å²) in [4.78, 5) is 30.7. The minimum atomic E-state index is -1.48. The zero-order chi connectivity index (χ0) is 11.4. The van der Waals surface area contributed by atoms with Crippen LogP contribution in [0, 0.1) is 10.1 Å². The fourth-order valence-electron chi connectivity index (χ4n) is 1.08. The van der Waals surface area contributed by atoms with Crippen LogP contribution in [0.25, 0.3) is 0 Å². The highest BCUT2D eigenvalue weighted by Crippen LogP contribution is 2.19. The van der Waals surface area contributed by atoms with E-state index in [1.807, 2.05) is 0 Å². The van der Waals surface area contributed by atoms with Crippen LogP contribution in [0.3, 0.4) is 0 Å². The van der Waals surface area contributed by atoms with Crippen LogP contribution in [0.4, 0.5) is 5.69 Å². The molecule has 6 nitrogen and oxygen atoms in total. The Morgan fingerprint density at radius 3 is 2.67 bits per heavy atom. The maximum absolute atomic E-state index is 10.6. The third-order valence-corrected chi connectivity index (χ3v) is 1.78. The summed E-state index contributed by atoms with van der Waals surface area (Å²) in [5.41, 5.74) is -0.208. The van der Waals surface area contributed by atoms with Crippen molar-refractivity contribution in [2.45, 2.75) is 5.92 Å². The van der Waals surface area contributed by atoms with E-state index in [4.69, 9.17) is 5.11 Å². The molecule has 1 aromatic rings. The van der Waals surface area contributed by atoms with Gasteiger partial charge in [-0.15, -0.1) is 0 Å². The van der Waals surface area contributed by atoms with Gasteiger partial charge in [0.2, 0.25) is 6.29 Å². The lowest BCUT2D eigenvalue weighted by Gasteiger charge is -2.03. The summed E-state index contributed by atoms with van der Waals surface area (Å²) in [6.45, 7) is 0. The summed E-state index contributed by atoms with van der Waals surface area (Å²) < 4.78 is 0. The third-order valence-electron chi connectivity index (χ3n) is 1.78. The quantitative estimate of drug-likeness (QED) is 0.449. The van der Waals surface area contributed by atoms with Crippen molar-refractivity contribution in [3.63, 3.8) is 0 Å². The number of aliphatic carboxylic acids is 1. The van der Waals surface area contributed by atoms with Gasteiger partial charge in [0, 0.05) is 12.1 Å². The molecule has 0 spiro atoms. The van der Waals surface area contributed by atoms with Crippen LogP contribution in [-0.2, 0) is 9.59 Å². The van der Waals surface area contributed by atoms with Crippen molar-refractivity contribution in [3.8, 4) is 0 Å². The van der Waals surface area contributed by atoms with Gasteiger partial charge in [-0.25, -0.2) is 0 Å². The van der Waals surface area contributed by atoms with Crippen molar-refractivity contribution in [2.75, 3.05) is 0 Å².